The highest BCUT2D eigenvalue weighted by atomic mass is 31.1. The fourth-order valence-corrected chi connectivity index (χ4v) is 6.18. The van der Waals surface area contributed by atoms with Crippen LogP contribution in [-0.2, 0) is 4.57 Å². The molecule has 0 aliphatic heterocycles. The maximum Gasteiger partial charge on any atom is 0.344 e. The number of hydrogen-bond acceptors (Lipinski definition) is 1. The summed E-state index contributed by atoms with van der Waals surface area (Å²) in [5.74, 6) is 0.862. The lowest BCUT2D eigenvalue weighted by molar-refractivity contribution is 0.314. The van der Waals surface area contributed by atoms with Crippen molar-refractivity contribution >= 4 is 7.80 Å². The molecule has 19 heavy (non-hydrogen) atoms. The summed E-state index contributed by atoms with van der Waals surface area (Å²) in [7, 11) is -0.961. The number of rotatable bonds is 2. The zero-order valence-corrected chi connectivity index (χ0v) is 14.1. The first-order chi connectivity index (χ1) is 8.98. The van der Waals surface area contributed by atoms with E-state index >= 15 is 0 Å². The second-order valence-corrected chi connectivity index (χ2v) is 10.1. The van der Waals surface area contributed by atoms with Crippen LogP contribution < -0.4 is 0 Å². The van der Waals surface area contributed by atoms with Crippen LogP contribution in [0.2, 0.25) is 0 Å². The van der Waals surface area contributed by atoms with E-state index in [4.69, 9.17) is 0 Å². The molecule has 0 spiro atoms. The smallest absolute Gasteiger partial charge is 0.0742 e. The van der Waals surface area contributed by atoms with Gasteiger partial charge in [0.1, 0.15) is 0 Å². The minimum absolute atomic E-state index is 0.489. The van der Waals surface area contributed by atoms with Crippen molar-refractivity contribution in [1.29, 1.82) is 0 Å². The second kappa shape index (κ2) is 6.70. The van der Waals surface area contributed by atoms with Crippen LogP contribution >= 0.6 is 7.80 Å². The maximum absolute atomic E-state index is 12.9. The summed E-state index contributed by atoms with van der Waals surface area (Å²) < 4.78 is 12.9. The van der Waals surface area contributed by atoms with Crippen molar-refractivity contribution < 1.29 is 4.57 Å². The second-order valence-electron chi connectivity index (χ2n) is 7.88. The fourth-order valence-electron chi connectivity index (χ4n) is 3.92. The van der Waals surface area contributed by atoms with Crippen molar-refractivity contribution in [3.05, 3.63) is 0 Å². The summed E-state index contributed by atoms with van der Waals surface area (Å²) in [6.07, 6.45) is 12.8. The quantitative estimate of drug-likeness (QED) is 0.439. The highest BCUT2D eigenvalue weighted by molar-refractivity contribution is 7.46. The molecule has 4 atom stereocenters. The molecule has 0 bridgehead atoms. The van der Waals surface area contributed by atoms with Gasteiger partial charge >= 0.3 is 7.80 Å². The van der Waals surface area contributed by atoms with E-state index in [1.165, 1.54) is 64.2 Å². The lowest BCUT2D eigenvalue weighted by atomic mass is 9.85. The normalized spacial score (nSPS) is 37.2. The summed E-state index contributed by atoms with van der Waals surface area (Å²) in [5, 5.41) is 0. The zero-order valence-electron chi connectivity index (χ0n) is 13.2. The first kappa shape index (κ1) is 15.5. The van der Waals surface area contributed by atoms with Crippen LogP contribution in [0.4, 0.5) is 0 Å². The molecule has 2 fully saturated rings. The van der Waals surface area contributed by atoms with Gasteiger partial charge in [-0.15, -0.1) is 0 Å². The molecule has 1 nitrogen and oxygen atoms in total. The van der Waals surface area contributed by atoms with Gasteiger partial charge in [-0.05, 0) is 69.1 Å². The van der Waals surface area contributed by atoms with Gasteiger partial charge in [-0.2, -0.15) is 0 Å². The standard InChI is InChI=1S/C17H32OP/c1-14-6-4-7-15(10-9-14)19(18)16-8-5-12-17(2,3)13-11-16/h14-16H,4-13H2,1-3H3/q+1. The van der Waals surface area contributed by atoms with Crippen LogP contribution in [0, 0.1) is 11.3 Å². The van der Waals surface area contributed by atoms with Crippen molar-refractivity contribution in [2.75, 3.05) is 0 Å². The molecule has 0 amide bonds. The van der Waals surface area contributed by atoms with Crippen molar-refractivity contribution in [3.63, 3.8) is 0 Å². The van der Waals surface area contributed by atoms with E-state index in [1.54, 1.807) is 0 Å². The van der Waals surface area contributed by atoms with Crippen molar-refractivity contribution in [1.82, 2.24) is 0 Å². The van der Waals surface area contributed by atoms with E-state index < -0.39 is 7.80 Å². The molecule has 0 heterocycles. The van der Waals surface area contributed by atoms with E-state index in [-0.39, 0.29) is 0 Å². The number of hydrogen-bond donors (Lipinski definition) is 0. The van der Waals surface area contributed by atoms with Gasteiger partial charge in [-0.1, -0.05) is 31.8 Å². The Labute approximate surface area is 120 Å². The lowest BCUT2D eigenvalue weighted by Gasteiger charge is -2.21. The van der Waals surface area contributed by atoms with Gasteiger partial charge in [0.15, 0.2) is 11.3 Å². The molecule has 2 aliphatic carbocycles. The Bertz CT molecular complexity index is 310. The molecule has 2 saturated carbocycles. The van der Waals surface area contributed by atoms with Crippen LogP contribution in [0.15, 0.2) is 0 Å². The van der Waals surface area contributed by atoms with Crippen LogP contribution in [-0.4, -0.2) is 11.3 Å². The van der Waals surface area contributed by atoms with Gasteiger partial charge in [0, 0.05) is 0 Å². The zero-order chi connectivity index (χ0) is 13.9. The van der Waals surface area contributed by atoms with Crippen LogP contribution in [0.3, 0.4) is 0 Å². The molecule has 0 aromatic rings. The maximum atomic E-state index is 12.9. The third kappa shape index (κ3) is 4.55. The molecule has 0 radical (unpaired) electrons. The van der Waals surface area contributed by atoms with Crippen molar-refractivity contribution in [3.8, 4) is 0 Å². The predicted molar refractivity (Wildman–Crippen MR) is 84.3 cm³/mol. The van der Waals surface area contributed by atoms with Crippen LogP contribution in [0.5, 0.6) is 0 Å². The molecular formula is C17H32OP+. The Kier molecular flexibility index (Phi) is 5.46. The van der Waals surface area contributed by atoms with Gasteiger partial charge < -0.3 is 0 Å². The predicted octanol–water partition coefficient (Wildman–Crippen LogP) is 6.14. The summed E-state index contributed by atoms with van der Waals surface area (Å²) in [6.45, 7) is 7.13. The van der Waals surface area contributed by atoms with E-state index in [0.29, 0.717) is 16.7 Å². The van der Waals surface area contributed by atoms with Gasteiger partial charge in [0.2, 0.25) is 0 Å². The lowest BCUT2D eigenvalue weighted by Crippen LogP contribution is -2.12. The van der Waals surface area contributed by atoms with Gasteiger partial charge in [0.25, 0.3) is 0 Å². The molecule has 2 rings (SSSR count). The topological polar surface area (TPSA) is 17.1 Å². The first-order valence-electron chi connectivity index (χ1n) is 8.43. The largest absolute Gasteiger partial charge is 0.344 e. The summed E-state index contributed by atoms with van der Waals surface area (Å²) >= 11 is 0. The fraction of sp³-hybridized carbons (Fsp3) is 1.00. The average molecular weight is 283 g/mol. The molecule has 0 N–H and O–H groups in total. The highest BCUT2D eigenvalue weighted by Gasteiger charge is 2.41. The van der Waals surface area contributed by atoms with E-state index in [1.807, 2.05) is 0 Å². The molecule has 2 heteroatoms. The molecule has 4 unspecified atom stereocenters. The summed E-state index contributed by atoms with van der Waals surface area (Å²) in [4.78, 5) is 0. The third-order valence-corrected chi connectivity index (χ3v) is 7.96. The minimum atomic E-state index is -0.961. The molecule has 0 saturated heterocycles. The van der Waals surface area contributed by atoms with E-state index in [0.717, 1.165) is 5.92 Å². The Morgan fingerprint density at radius 3 is 2.32 bits per heavy atom. The van der Waals surface area contributed by atoms with Gasteiger partial charge in [-0.25, -0.2) is 0 Å². The Balaban J connectivity index is 1.91. The third-order valence-electron chi connectivity index (χ3n) is 5.49. The average Bonchev–Trinajstić information content (AvgIpc) is 2.66. The van der Waals surface area contributed by atoms with Crippen LogP contribution in [0.1, 0.15) is 85.0 Å². The Hall–Kier alpha value is 0.100. The summed E-state index contributed by atoms with van der Waals surface area (Å²) in [6, 6.07) is 0. The Morgan fingerprint density at radius 1 is 0.842 bits per heavy atom. The SMILES string of the molecule is CC1CCCC([P+](=O)C2CCCC(C)(C)CC2)CC1. The monoisotopic (exact) mass is 283 g/mol. The van der Waals surface area contributed by atoms with Crippen molar-refractivity contribution in [2.45, 2.75) is 96.3 Å². The van der Waals surface area contributed by atoms with Gasteiger partial charge in [0.05, 0.1) is 0 Å². The van der Waals surface area contributed by atoms with Crippen molar-refractivity contribution in [2.24, 2.45) is 11.3 Å². The minimum Gasteiger partial charge on any atom is -0.0742 e. The summed E-state index contributed by atoms with van der Waals surface area (Å²) in [5.41, 5.74) is 1.57. The molecule has 0 aromatic carbocycles. The highest BCUT2D eigenvalue weighted by Crippen LogP contribution is 2.48. The molecule has 110 valence electrons. The van der Waals surface area contributed by atoms with E-state index in [2.05, 4.69) is 20.8 Å². The van der Waals surface area contributed by atoms with Gasteiger partial charge in [-0.3, -0.25) is 0 Å². The van der Waals surface area contributed by atoms with E-state index in [9.17, 15) is 4.57 Å². The first-order valence-corrected chi connectivity index (χ1v) is 9.83. The Morgan fingerprint density at radius 2 is 1.53 bits per heavy atom. The van der Waals surface area contributed by atoms with Crippen LogP contribution in [0.25, 0.3) is 0 Å². The molecule has 2 aliphatic rings. The molecule has 0 aromatic heterocycles. The molecular weight excluding hydrogens is 251 g/mol.